The molecule has 0 saturated carbocycles. The number of hydrogen-bond acceptors (Lipinski definition) is 3. The van der Waals surface area contributed by atoms with Crippen molar-refractivity contribution in [3.05, 3.63) is 11.5 Å². The molecule has 2 N–H and O–H groups in total. The maximum atomic E-state index is 10.8. The largest absolute Gasteiger partial charge is 1.00 e. The summed E-state index contributed by atoms with van der Waals surface area (Å²) in [6, 6.07) is 0. The van der Waals surface area contributed by atoms with Gasteiger partial charge < -0.3 is 21.0 Å². The maximum absolute atomic E-state index is 10.8. The van der Waals surface area contributed by atoms with Gasteiger partial charge in [-0.05, 0) is 16.7 Å². The molecule has 0 aromatic heterocycles. The second-order valence-corrected chi connectivity index (χ2v) is 6.45. The summed E-state index contributed by atoms with van der Waals surface area (Å²) < 4.78 is 10.7. The fourth-order valence-corrected chi connectivity index (χ4v) is 1.60. The summed E-state index contributed by atoms with van der Waals surface area (Å²) in [5.41, 5.74) is 12.5. The van der Waals surface area contributed by atoms with Crippen molar-refractivity contribution in [2.24, 2.45) is 16.7 Å². The maximum Gasteiger partial charge on any atom is 1.00 e. The zero-order valence-corrected chi connectivity index (χ0v) is 16.5. The van der Waals surface area contributed by atoms with Crippen LogP contribution in [0, 0.1) is 16.7 Å². The van der Waals surface area contributed by atoms with Gasteiger partial charge in [0.1, 0.15) is 6.10 Å². The van der Waals surface area contributed by atoms with Crippen molar-refractivity contribution in [3.63, 3.8) is 0 Å². The third kappa shape index (κ3) is 11.9. The van der Waals surface area contributed by atoms with Crippen LogP contribution in [0.2, 0.25) is 0 Å². The van der Waals surface area contributed by atoms with E-state index in [9.17, 15) is 4.79 Å². The average Bonchev–Trinajstić information content (AvgIpc) is 2.08. The third-order valence-electron chi connectivity index (χ3n) is 2.91. The molecule has 6 heteroatoms. The summed E-state index contributed by atoms with van der Waals surface area (Å²) >= 11 is 0. The fraction of sp³-hybridized carbons (Fsp3) is 0.846. The van der Waals surface area contributed by atoms with E-state index in [0.29, 0.717) is 0 Å². The summed E-state index contributed by atoms with van der Waals surface area (Å²) in [5.74, 6) is 0.215. The molecule has 0 aliphatic heterocycles. The first-order valence-electron chi connectivity index (χ1n) is 6.34. The van der Waals surface area contributed by atoms with Crippen molar-refractivity contribution >= 4 is 12.5 Å². The van der Waals surface area contributed by atoms with Crippen molar-refractivity contribution in [2.75, 3.05) is 0 Å². The first-order chi connectivity index (χ1) is 8.19. The number of rotatable bonds is 2. The Hall–Kier alpha value is 0.376. The minimum absolute atomic E-state index is 0. The first-order valence-corrected chi connectivity index (χ1v) is 5.84. The van der Waals surface area contributed by atoms with Gasteiger partial charge in [0.2, 0.25) is 6.09 Å². The number of carbonyl (C=O) groups excluding carboxylic acids is 2. The molecule has 0 aromatic carbocycles. The molecule has 5 nitrogen and oxygen atoms in total. The summed E-state index contributed by atoms with van der Waals surface area (Å²) in [7, 11) is 0. The van der Waals surface area contributed by atoms with E-state index in [0.717, 1.165) is 0 Å². The van der Waals surface area contributed by atoms with Gasteiger partial charge in [0.15, 0.2) is 0 Å². The van der Waals surface area contributed by atoms with Crippen LogP contribution in [0.4, 0.5) is 4.79 Å². The predicted octanol–water partition coefficient (Wildman–Crippen LogP) is 1.47. The molecular weight excluding hydrogens is 271 g/mol. The second kappa shape index (κ2) is 10.2. The van der Waals surface area contributed by atoms with Gasteiger partial charge in [0.25, 0.3) is 0 Å². The van der Waals surface area contributed by atoms with Gasteiger partial charge in [0, 0.05) is 6.39 Å². The molecular formula is C13H26KN2O3-. The van der Waals surface area contributed by atoms with Crippen LogP contribution < -0.4 is 51.4 Å². The molecule has 0 aromatic rings. The van der Waals surface area contributed by atoms with E-state index in [1.54, 1.807) is 0 Å². The Bertz CT molecular complexity index is 308. The van der Waals surface area contributed by atoms with Gasteiger partial charge in [-0.15, -0.1) is 0 Å². The molecule has 1 unspecified atom stereocenters. The van der Waals surface area contributed by atoms with Crippen LogP contribution in [0.15, 0.2) is 0 Å². The Morgan fingerprint density at radius 1 is 1.21 bits per heavy atom. The zero-order chi connectivity index (χ0) is 16.0. The molecule has 0 saturated heterocycles. The number of ether oxygens (including phenoxy) is 1. The van der Waals surface area contributed by atoms with Gasteiger partial charge >= 0.3 is 51.4 Å². The zero-order valence-electron chi connectivity index (χ0n) is 14.4. The van der Waals surface area contributed by atoms with Crippen molar-refractivity contribution in [2.45, 2.75) is 54.6 Å². The molecule has 0 bridgehead atoms. The molecule has 0 aliphatic carbocycles. The van der Waals surface area contributed by atoms with E-state index in [4.69, 9.17) is 22.4 Å². The van der Waals surface area contributed by atoms with Crippen LogP contribution in [-0.2, 0) is 9.53 Å². The Kier molecular flexibility index (Phi) is 11.6. The van der Waals surface area contributed by atoms with Crippen LogP contribution in [-0.4, -0.2) is 18.6 Å². The van der Waals surface area contributed by atoms with E-state index in [1.165, 1.54) is 0 Å². The summed E-state index contributed by atoms with van der Waals surface area (Å²) in [6.07, 6.45) is -2.49. The van der Waals surface area contributed by atoms with Crippen molar-refractivity contribution in [3.8, 4) is 0 Å². The van der Waals surface area contributed by atoms with Crippen molar-refractivity contribution in [1.82, 2.24) is 0 Å². The van der Waals surface area contributed by atoms with E-state index < -0.39 is 12.5 Å². The van der Waals surface area contributed by atoms with Gasteiger partial charge in [-0.25, -0.2) is 0 Å². The van der Waals surface area contributed by atoms with E-state index in [1.807, 2.05) is 20.8 Å². The average molecular weight is 299 g/mol. The Balaban J connectivity index is -0.000000508. The molecule has 2 atom stereocenters. The summed E-state index contributed by atoms with van der Waals surface area (Å²) in [4.78, 5) is 19.6. The summed E-state index contributed by atoms with van der Waals surface area (Å²) in [5, 5.41) is 0. The SMILES string of the molecule is C[C@H](C(OC([NH-])=O)C(C)(C)C)C(C)(C)C.[3H]C([NH-])=O.[K+]. The standard InChI is InChI=1S/C12H25NO2.CH3NO.K/c1-8(11(2,3)4)9(12(5,6)7)15-10(13)14;2-1-3;/h8-9H,1-7H3,(H2,13,14);1H,(H2,2,3);/q;;+1/p-2/t8-,9?;;/m1../s1/i;1T;. The predicted molar refractivity (Wildman–Crippen MR) is 73.1 cm³/mol. The minimum atomic E-state index is -1.33. The quantitative estimate of drug-likeness (QED) is 0.571. The van der Waals surface area contributed by atoms with Crippen LogP contribution in [0.1, 0.15) is 49.8 Å². The molecule has 2 amide bonds. The van der Waals surface area contributed by atoms with Crippen LogP contribution in [0.5, 0.6) is 0 Å². The molecule has 19 heavy (non-hydrogen) atoms. The first kappa shape index (κ1) is 21.7. The molecule has 0 radical (unpaired) electrons. The van der Waals surface area contributed by atoms with Gasteiger partial charge in [-0.3, -0.25) is 4.79 Å². The van der Waals surface area contributed by atoms with E-state index >= 15 is 0 Å². The minimum Gasteiger partial charge on any atom is -0.671 e. The topological polar surface area (TPSA) is 91.0 Å². The normalized spacial score (nSPS) is 14.8. The molecule has 0 heterocycles. The van der Waals surface area contributed by atoms with E-state index in [-0.39, 0.29) is 74.2 Å². The van der Waals surface area contributed by atoms with E-state index in [2.05, 4.69) is 27.7 Å². The fourth-order valence-electron chi connectivity index (χ4n) is 1.60. The number of nitrogens with one attached hydrogen (secondary N) is 2. The Morgan fingerprint density at radius 2 is 1.53 bits per heavy atom. The van der Waals surface area contributed by atoms with Gasteiger partial charge in [-0.1, -0.05) is 48.5 Å². The van der Waals surface area contributed by atoms with Gasteiger partial charge in [0.05, 0.1) is 1.37 Å². The van der Waals surface area contributed by atoms with Gasteiger partial charge in [-0.2, -0.15) is 0 Å². The number of amides is 2. The second-order valence-electron chi connectivity index (χ2n) is 6.45. The monoisotopic (exact) mass is 299 g/mol. The number of hydrogen-bond donors (Lipinski definition) is 0. The molecule has 0 rings (SSSR count). The van der Waals surface area contributed by atoms with Crippen molar-refractivity contribution in [1.29, 1.82) is 0 Å². The van der Waals surface area contributed by atoms with Crippen LogP contribution in [0.3, 0.4) is 0 Å². The van der Waals surface area contributed by atoms with Crippen LogP contribution in [0.25, 0.3) is 11.5 Å². The third-order valence-corrected chi connectivity index (χ3v) is 2.91. The molecule has 0 spiro atoms. The van der Waals surface area contributed by atoms with Crippen LogP contribution >= 0.6 is 0 Å². The molecule has 108 valence electrons. The molecule has 0 aliphatic rings. The van der Waals surface area contributed by atoms with Crippen molar-refractivity contribution < 1.29 is 67.1 Å². The Morgan fingerprint density at radius 3 is 1.68 bits per heavy atom. The summed E-state index contributed by atoms with van der Waals surface area (Å²) in [6.45, 7) is 14.5. The smallest absolute Gasteiger partial charge is 0.671 e. The number of carbonyl (C=O) groups is 2. The molecule has 0 fully saturated rings. The Labute approximate surface area is 161 Å².